The van der Waals surface area contributed by atoms with Crippen LogP contribution in [0.1, 0.15) is 18.1 Å². The molecule has 2 rings (SSSR count). The summed E-state index contributed by atoms with van der Waals surface area (Å²) >= 11 is 0. The van der Waals surface area contributed by atoms with E-state index >= 15 is 0 Å². The minimum atomic E-state index is -0.903. The molecule has 1 N–H and O–H groups in total. The van der Waals surface area contributed by atoms with E-state index < -0.39 is 11.5 Å². The zero-order chi connectivity index (χ0) is 13.9. The standard InChI is InChI=1S/C14H17NO4/c1-17-11-4-3-10(7-12(11)18-2)13(16)14(8-15)5-6-19-9-14/h3-4,7,13,16H,5-6,9H2,1-2H3. The molecule has 19 heavy (non-hydrogen) atoms. The molecule has 0 spiro atoms. The third kappa shape index (κ3) is 2.37. The van der Waals surface area contributed by atoms with Gasteiger partial charge in [-0.2, -0.15) is 5.26 Å². The Morgan fingerprint density at radius 1 is 1.37 bits per heavy atom. The summed E-state index contributed by atoms with van der Waals surface area (Å²) in [4.78, 5) is 0. The molecule has 0 aliphatic carbocycles. The maximum Gasteiger partial charge on any atom is 0.161 e. The van der Waals surface area contributed by atoms with E-state index in [0.717, 1.165) is 0 Å². The van der Waals surface area contributed by atoms with Crippen molar-refractivity contribution in [3.05, 3.63) is 23.8 Å². The van der Waals surface area contributed by atoms with Crippen LogP contribution in [0.5, 0.6) is 11.5 Å². The number of nitriles is 1. The first-order valence-corrected chi connectivity index (χ1v) is 6.06. The van der Waals surface area contributed by atoms with Crippen molar-refractivity contribution in [2.75, 3.05) is 27.4 Å². The van der Waals surface area contributed by atoms with E-state index in [9.17, 15) is 10.4 Å². The van der Waals surface area contributed by atoms with Crippen LogP contribution in [0.25, 0.3) is 0 Å². The molecule has 0 aromatic heterocycles. The molecular formula is C14H17NO4. The summed E-state index contributed by atoms with van der Waals surface area (Å²) in [6.07, 6.45) is -0.376. The van der Waals surface area contributed by atoms with Gasteiger partial charge >= 0.3 is 0 Å². The van der Waals surface area contributed by atoms with Crippen LogP contribution in [0.2, 0.25) is 0 Å². The van der Waals surface area contributed by atoms with Gasteiger partial charge in [0.15, 0.2) is 11.5 Å². The number of benzene rings is 1. The second kappa shape index (κ2) is 5.47. The number of ether oxygens (including phenoxy) is 3. The van der Waals surface area contributed by atoms with Gasteiger partial charge in [-0.3, -0.25) is 0 Å². The van der Waals surface area contributed by atoms with E-state index in [4.69, 9.17) is 14.2 Å². The van der Waals surface area contributed by atoms with Crippen LogP contribution in [0, 0.1) is 16.7 Å². The Morgan fingerprint density at radius 2 is 2.11 bits per heavy atom. The Kier molecular flexibility index (Phi) is 3.93. The predicted molar refractivity (Wildman–Crippen MR) is 68.0 cm³/mol. The highest BCUT2D eigenvalue weighted by Crippen LogP contribution is 2.42. The molecule has 2 atom stereocenters. The van der Waals surface area contributed by atoms with E-state index in [0.29, 0.717) is 30.1 Å². The van der Waals surface area contributed by atoms with Gasteiger partial charge in [0.1, 0.15) is 11.5 Å². The van der Waals surface area contributed by atoms with Crippen molar-refractivity contribution < 1.29 is 19.3 Å². The fraction of sp³-hybridized carbons (Fsp3) is 0.500. The number of aliphatic hydroxyl groups is 1. The molecule has 1 aliphatic heterocycles. The zero-order valence-corrected chi connectivity index (χ0v) is 11.0. The molecule has 0 radical (unpaired) electrons. The summed E-state index contributed by atoms with van der Waals surface area (Å²) in [6.45, 7) is 0.747. The fourth-order valence-electron chi connectivity index (χ4n) is 2.29. The first kappa shape index (κ1) is 13.7. The molecule has 1 aromatic rings. The first-order valence-electron chi connectivity index (χ1n) is 6.06. The van der Waals surface area contributed by atoms with Crippen molar-refractivity contribution >= 4 is 0 Å². The van der Waals surface area contributed by atoms with Gasteiger partial charge in [-0.05, 0) is 24.1 Å². The third-order valence-corrected chi connectivity index (χ3v) is 3.52. The molecule has 1 heterocycles. The van der Waals surface area contributed by atoms with Crippen LogP contribution in [-0.2, 0) is 4.74 Å². The van der Waals surface area contributed by atoms with E-state index in [1.807, 2.05) is 0 Å². The first-order chi connectivity index (χ1) is 9.16. The van der Waals surface area contributed by atoms with Gasteiger partial charge in [-0.15, -0.1) is 0 Å². The number of rotatable bonds is 4. The van der Waals surface area contributed by atoms with Crippen LogP contribution >= 0.6 is 0 Å². The second-order valence-corrected chi connectivity index (χ2v) is 4.59. The maximum atomic E-state index is 10.5. The van der Waals surface area contributed by atoms with Crippen molar-refractivity contribution in [1.29, 1.82) is 5.26 Å². The molecule has 0 bridgehead atoms. The van der Waals surface area contributed by atoms with Gasteiger partial charge in [-0.1, -0.05) is 6.07 Å². The Hall–Kier alpha value is -1.77. The fourth-order valence-corrected chi connectivity index (χ4v) is 2.29. The Morgan fingerprint density at radius 3 is 2.63 bits per heavy atom. The summed E-state index contributed by atoms with van der Waals surface area (Å²) in [5, 5.41) is 19.8. The van der Waals surface area contributed by atoms with Crippen molar-refractivity contribution in [2.24, 2.45) is 5.41 Å². The number of hydrogen-bond donors (Lipinski definition) is 1. The summed E-state index contributed by atoms with van der Waals surface area (Å²) in [5.41, 5.74) is -0.246. The highest BCUT2D eigenvalue weighted by Gasteiger charge is 2.43. The lowest BCUT2D eigenvalue weighted by Gasteiger charge is -2.26. The Labute approximate surface area is 112 Å². The molecule has 1 aliphatic rings. The van der Waals surface area contributed by atoms with Gasteiger partial charge in [0, 0.05) is 6.61 Å². The molecule has 5 heteroatoms. The number of nitrogens with zero attached hydrogens (tertiary/aromatic N) is 1. The SMILES string of the molecule is COc1ccc(C(O)C2(C#N)CCOC2)cc1OC. The monoisotopic (exact) mass is 263 g/mol. The highest BCUT2D eigenvalue weighted by atomic mass is 16.5. The molecule has 1 fully saturated rings. The molecule has 102 valence electrons. The summed E-state index contributed by atoms with van der Waals surface area (Å²) in [6, 6.07) is 7.35. The van der Waals surface area contributed by atoms with Crippen molar-refractivity contribution in [1.82, 2.24) is 0 Å². The second-order valence-electron chi connectivity index (χ2n) is 4.59. The molecule has 2 unspecified atom stereocenters. The van der Waals surface area contributed by atoms with Crippen molar-refractivity contribution in [2.45, 2.75) is 12.5 Å². The Balaban J connectivity index is 2.34. The summed E-state index contributed by atoms with van der Waals surface area (Å²) in [5.74, 6) is 1.12. The highest BCUT2D eigenvalue weighted by molar-refractivity contribution is 5.44. The van der Waals surface area contributed by atoms with Crippen LogP contribution in [0.3, 0.4) is 0 Å². The molecule has 5 nitrogen and oxygen atoms in total. The summed E-state index contributed by atoms with van der Waals surface area (Å²) < 4.78 is 15.6. The van der Waals surface area contributed by atoms with Crippen LogP contribution < -0.4 is 9.47 Å². The number of hydrogen-bond acceptors (Lipinski definition) is 5. The molecule has 1 saturated heterocycles. The number of aliphatic hydroxyl groups excluding tert-OH is 1. The minimum Gasteiger partial charge on any atom is -0.493 e. The molecular weight excluding hydrogens is 246 g/mol. The van der Waals surface area contributed by atoms with Gasteiger partial charge in [0.25, 0.3) is 0 Å². The summed E-state index contributed by atoms with van der Waals surface area (Å²) in [7, 11) is 3.09. The van der Waals surface area contributed by atoms with Crippen LogP contribution in [-0.4, -0.2) is 32.5 Å². The molecule has 0 amide bonds. The van der Waals surface area contributed by atoms with Gasteiger partial charge in [0.05, 0.1) is 26.9 Å². The quantitative estimate of drug-likeness (QED) is 0.894. The topological polar surface area (TPSA) is 71.7 Å². The van der Waals surface area contributed by atoms with Gasteiger partial charge < -0.3 is 19.3 Å². The van der Waals surface area contributed by atoms with Crippen molar-refractivity contribution in [3.8, 4) is 17.6 Å². The zero-order valence-electron chi connectivity index (χ0n) is 11.0. The Bertz CT molecular complexity index is 489. The normalized spacial score (nSPS) is 23.7. The lowest BCUT2D eigenvalue weighted by molar-refractivity contribution is 0.0502. The molecule has 1 aromatic carbocycles. The minimum absolute atomic E-state index is 0.249. The van der Waals surface area contributed by atoms with Gasteiger partial charge in [-0.25, -0.2) is 0 Å². The van der Waals surface area contributed by atoms with E-state index in [1.165, 1.54) is 7.11 Å². The largest absolute Gasteiger partial charge is 0.493 e. The van der Waals surface area contributed by atoms with Gasteiger partial charge in [0.2, 0.25) is 0 Å². The lowest BCUT2D eigenvalue weighted by Crippen LogP contribution is -2.27. The molecule has 0 saturated carbocycles. The number of methoxy groups -OCH3 is 2. The van der Waals surface area contributed by atoms with Crippen LogP contribution in [0.15, 0.2) is 18.2 Å². The van der Waals surface area contributed by atoms with Crippen LogP contribution in [0.4, 0.5) is 0 Å². The smallest absolute Gasteiger partial charge is 0.161 e. The third-order valence-electron chi connectivity index (χ3n) is 3.52. The van der Waals surface area contributed by atoms with E-state index in [1.54, 1.807) is 25.3 Å². The van der Waals surface area contributed by atoms with E-state index in [-0.39, 0.29) is 6.61 Å². The predicted octanol–water partition coefficient (Wildman–Crippen LogP) is 1.67. The maximum absolute atomic E-state index is 10.5. The van der Waals surface area contributed by atoms with Crippen molar-refractivity contribution in [3.63, 3.8) is 0 Å². The van der Waals surface area contributed by atoms with E-state index in [2.05, 4.69) is 6.07 Å². The average molecular weight is 263 g/mol. The average Bonchev–Trinajstić information content (AvgIpc) is 2.95. The lowest BCUT2D eigenvalue weighted by atomic mass is 9.79.